The van der Waals surface area contributed by atoms with Crippen LogP contribution < -0.4 is 20.1 Å². The van der Waals surface area contributed by atoms with Crippen molar-refractivity contribution in [2.24, 2.45) is 0 Å². The summed E-state index contributed by atoms with van der Waals surface area (Å²) in [6, 6.07) is 11.7. The Morgan fingerprint density at radius 2 is 1.97 bits per heavy atom. The van der Waals surface area contributed by atoms with E-state index in [1.54, 1.807) is 11.0 Å². The van der Waals surface area contributed by atoms with Crippen molar-refractivity contribution >= 4 is 11.6 Å². The highest BCUT2D eigenvalue weighted by atomic mass is 16.7. The highest BCUT2D eigenvalue weighted by Crippen LogP contribution is 2.32. The molecule has 8 heteroatoms. The molecule has 0 saturated carbocycles. The van der Waals surface area contributed by atoms with Crippen LogP contribution in [0.1, 0.15) is 33.7 Å². The number of rotatable bonds is 8. The lowest BCUT2D eigenvalue weighted by Crippen LogP contribution is -2.17. The quantitative estimate of drug-likeness (QED) is 0.558. The molecule has 0 bridgehead atoms. The smallest absolute Gasteiger partial charge is 0.295 e. The predicted molar refractivity (Wildman–Crippen MR) is 113 cm³/mol. The molecule has 1 aliphatic heterocycles. The maximum absolute atomic E-state index is 12.4. The molecule has 2 aromatic carbocycles. The normalized spacial score (nSPS) is 12.2. The third-order valence-electron chi connectivity index (χ3n) is 5.01. The van der Waals surface area contributed by atoms with Crippen LogP contribution in [0.25, 0.3) is 0 Å². The van der Waals surface area contributed by atoms with E-state index in [1.807, 2.05) is 50.2 Å². The summed E-state index contributed by atoms with van der Waals surface area (Å²) < 4.78 is 12.4. The number of nitrogens with one attached hydrogen (secondary N) is 2. The Morgan fingerprint density at radius 3 is 2.83 bits per heavy atom. The summed E-state index contributed by atoms with van der Waals surface area (Å²) in [6.07, 6.45) is 2.46. The molecule has 2 N–H and O–H groups in total. The van der Waals surface area contributed by atoms with Gasteiger partial charge in [0.05, 0.1) is 0 Å². The zero-order chi connectivity index (χ0) is 20.9. The average Bonchev–Trinajstić information content (AvgIpc) is 3.39. The third-order valence-corrected chi connectivity index (χ3v) is 5.01. The molecule has 2 heterocycles. The van der Waals surface area contributed by atoms with E-state index in [9.17, 15) is 4.79 Å². The largest absolute Gasteiger partial charge is 0.454 e. The molecule has 8 nitrogen and oxygen atoms in total. The van der Waals surface area contributed by atoms with Crippen LogP contribution in [0.5, 0.6) is 11.5 Å². The van der Waals surface area contributed by atoms with Gasteiger partial charge < -0.3 is 20.1 Å². The van der Waals surface area contributed by atoms with Crippen LogP contribution in [-0.4, -0.2) is 34.0 Å². The molecule has 0 fully saturated rings. The zero-order valence-electron chi connectivity index (χ0n) is 17.1. The van der Waals surface area contributed by atoms with Gasteiger partial charge in [0.1, 0.15) is 6.33 Å². The molecule has 30 heavy (non-hydrogen) atoms. The Kier molecular flexibility index (Phi) is 5.94. The Balaban J connectivity index is 1.20. The lowest BCUT2D eigenvalue weighted by molar-refractivity contribution is 0.101. The summed E-state index contributed by atoms with van der Waals surface area (Å²) in [5.74, 6) is 1.45. The first kappa shape index (κ1) is 19.9. The predicted octanol–water partition coefficient (Wildman–Crippen LogP) is 3.06. The zero-order valence-corrected chi connectivity index (χ0v) is 17.1. The number of benzene rings is 2. The minimum atomic E-state index is -0.307. The Hall–Kier alpha value is -3.39. The average molecular weight is 407 g/mol. The Bertz CT molecular complexity index is 1050. The monoisotopic (exact) mass is 407 g/mol. The number of aromatic nitrogens is 3. The fourth-order valence-corrected chi connectivity index (χ4v) is 3.16. The van der Waals surface area contributed by atoms with Gasteiger partial charge >= 0.3 is 0 Å². The Morgan fingerprint density at radius 1 is 1.10 bits per heavy atom. The fourth-order valence-electron chi connectivity index (χ4n) is 3.16. The van der Waals surface area contributed by atoms with Crippen molar-refractivity contribution in [1.82, 2.24) is 20.1 Å². The number of amides is 1. The van der Waals surface area contributed by atoms with Crippen molar-refractivity contribution in [1.29, 1.82) is 0 Å². The van der Waals surface area contributed by atoms with E-state index in [1.165, 1.54) is 5.56 Å². The summed E-state index contributed by atoms with van der Waals surface area (Å²) in [7, 11) is 0. The van der Waals surface area contributed by atoms with Gasteiger partial charge in [-0.3, -0.25) is 9.48 Å². The number of aryl methyl sites for hydroxylation is 3. The first-order chi connectivity index (χ1) is 14.6. The number of anilines is 1. The molecular formula is C22H25N5O3. The van der Waals surface area contributed by atoms with E-state index in [2.05, 4.69) is 20.7 Å². The number of hydrogen-bond donors (Lipinski definition) is 2. The van der Waals surface area contributed by atoms with Gasteiger partial charge in [0.25, 0.3) is 5.91 Å². The molecule has 0 spiro atoms. The van der Waals surface area contributed by atoms with Crippen molar-refractivity contribution in [3.8, 4) is 11.5 Å². The van der Waals surface area contributed by atoms with Crippen molar-refractivity contribution in [3.05, 3.63) is 65.2 Å². The number of fused-ring (bicyclic) bond motifs is 1. The van der Waals surface area contributed by atoms with Crippen LogP contribution in [0, 0.1) is 13.8 Å². The van der Waals surface area contributed by atoms with Crippen LogP contribution in [0.15, 0.2) is 42.7 Å². The molecule has 0 radical (unpaired) electrons. The summed E-state index contributed by atoms with van der Waals surface area (Å²) in [6.45, 7) is 6.58. The molecule has 3 aromatic rings. The van der Waals surface area contributed by atoms with Gasteiger partial charge in [0, 0.05) is 18.8 Å². The lowest BCUT2D eigenvalue weighted by atomic mass is 10.1. The van der Waals surface area contributed by atoms with Crippen LogP contribution in [0.2, 0.25) is 0 Å². The highest BCUT2D eigenvalue weighted by Gasteiger charge is 2.13. The van der Waals surface area contributed by atoms with E-state index < -0.39 is 0 Å². The maximum atomic E-state index is 12.4. The van der Waals surface area contributed by atoms with Crippen LogP contribution in [0.3, 0.4) is 0 Å². The number of carbonyl (C=O) groups excluding carboxylic acids is 1. The molecular weight excluding hydrogens is 382 g/mol. The second-order valence-electron chi connectivity index (χ2n) is 7.30. The lowest BCUT2D eigenvalue weighted by Gasteiger charge is -2.06. The van der Waals surface area contributed by atoms with E-state index in [0.29, 0.717) is 6.54 Å². The molecule has 0 saturated heterocycles. The Labute approximate surface area is 175 Å². The van der Waals surface area contributed by atoms with E-state index in [0.717, 1.165) is 47.8 Å². The fraction of sp³-hybridized carbons (Fsp3) is 0.318. The number of hydrogen-bond acceptors (Lipinski definition) is 6. The molecule has 1 aliphatic rings. The van der Waals surface area contributed by atoms with Crippen molar-refractivity contribution in [2.45, 2.75) is 33.4 Å². The topological polar surface area (TPSA) is 90.3 Å². The first-order valence-electron chi connectivity index (χ1n) is 9.96. The van der Waals surface area contributed by atoms with Crippen molar-refractivity contribution in [2.75, 3.05) is 18.7 Å². The minimum Gasteiger partial charge on any atom is -0.454 e. The summed E-state index contributed by atoms with van der Waals surface area (Å²) in [5.41, 5.74) is 4.19. The van der Waals surface area contributed by atoms with Gasteiger partial charge in [-0.05, 0) is 67.8 Å². The first-order valence-corrected chi connectivity index (χ1v) is 9.96. The van der Waals surface area contributed by atoms with Crippen molar-refractivity contribution in [3.63, 3.8) is 0 Å². The van der Waals surface area contributed by atoms with E-state index >= 15 is 0 Å². The second-order valence-corrected chi connectivity index (χ2v) is 7.30. The summed E-state index contributed by atoms with van der Waals surface area (Å²) in [4.78, 5) is 16.5. The van der Waals surface area contributed by atoms with Crippen LogP contribution in [0.4, 0.5) is 5.69 Å². The number of carbonyl (C=O) groups is 1. The second kappa shape index (κ2) is 8.96. The van der Waals surface area contributed by atoms with Gasteiger partial charge in [-0.15, -0.1) is 5.10 Å². The molecule has 0 atom stereocenters. The van der Waals surface area contributed by atoms with Gasteiger partial charge in [0.2, 0.25) is 12.6 Å². The van der Waals surface area contributed by atoms with Gasteiger partial charge in [0.15, 0.2) is 11.5 Å². The molecule has 1 aromatic heterocycles. The molecule has 1 amide bonds. The van der Waals surface area contributed by atoms with Crippen LogP contribution >= 0.6 is 0 Å². The highest BCUT2D eigenvalue weighted by molar-refractivity contribution is 6.01. The van der Waals surface area contributed by atoms with E-state index in [4.69, 9.17) is 9.47 Å². The summed E-state index contributed by atoms with van der Waals surface area (Å²) in [5, 5.41) is 10.5. The standard InChI is InChI=1S/C22H25N5O3/c1-15-4-6-18(10-16(15)2)25-22(28)21-24-13-27(26-21)9-3-8-23-12-17-5-7-19-20(11-17)30-14-29-19/h4-7,10-11,13,23H,3,8-9,12,14H2,1-2H3,(H,25,28). The number of ether oxygens (including phenoxy) is 2. The SMILES string of the molecule is Cc1ccc(NC(=O)c2ncn(CCCNCc3ccc4c(c3)OCO4)n2)cc1C. The minimum absolute atomic E-state index is 0.168. The van der Waals surface area contributed by atoms with E-state index in [-0.39, 0.29) is 18.5 Å². The summed E-state index contributed by atoms with van der Waals surface area (Å²) >= 11 is 0. The maximum Gasteiger partial charge on any atom is 0.295 e. The van der Waals surface area contributed by atoms with Crippen molar-refractivity contribution < 1.29 is 14.3 Å². The van der Waals surface area contributed by atoms with Gasteiger partial charge in [-0.2, -0.15) is 0 Å². The van der Waals surface area contributed by atoms with Crippen LogP contribution in [-0.2, 0) is 13.1 Å². The molecule has 0 unspecified atom stereocenters. The van der Waals surface area contributed by atoms with Gasteiger partial charge in [-0.1, -0.05) is 12.1 Å². The molecule has 4 rings (SSSR count). The van der Waals surface area contributed by atoms with Gasteiger partial charge in [-0.25, -0.2) is 4.98 Å². The third kappa shape index (κ3) is 4.77. The number of nitrogens with zero attached hydrogens (tertiary/aromatic N) is 3. The molecule has 0 aliphatic carbocycles. The molecule has 156 valence electrons.